The highest BCUT2D eigenvalue weighted by molar-refractivity contribution is 7.14. The van der Waals surface area contributed by atoms with Gasteiger partial charge in [-0.2, -0.15) is 0 Å². The number of aryl methyl sites for hydroxylation is 1. The number of amides is 1. The second-order valence-corrected chi connectivity index (χ2v) is 5.26. The van der Waals surface area contributed by atoms with E-state index in [0.717, 1.165) is 16.1 Å². The minimum absolute atomic E-state index is 0.0631. The first-order chi connectivity index (χ1) is 9.63. The molecule has 0 saturated carbocycles. The molecule has 2 heterocycles. The first kappa shape index (κ1) is 14.3. The Hall–Kier alpha value is -2.16. The van der Waals surface area contributed by atoms with Crippen LogP contribution in [0.4, 0.5) is 5.69 Å². The summed E-state index contributed by atoms with van der Waals surface area (Å²) in [5, 5.41) is 0. The summed E-state index contributed by atoms with van der Waals surface area (Å²) in [6.07, 6.45) is 3.34. The van der Waals surface area contributed by atoms with Crippen LogP contribution in [0.5, 0.6) is 0 Å². The van der Waals surface area contributed by atoms with Gasteiger partial charge in [0, 0.05) is 13.2 Å². The van der Waals surface area contributed by atoms with Crippen molar-refractivity contribution in [3.05, 3.63) is 45.9 Å². The lowest BCUT2D eigenvalue weighted by Crippen LogP contribution is -2.25. The standard InChI is InChI=1S/C15H15N3OS/c1-11-9-14(20-13(11)6-3-7-16)15(19)18(2)12-5-4-8-17-10-12/h4-5,8-10H,7,16H2,1-2H3. The number of pyridine rings is 1. The van der Waals surface area contributed by atoms with Crippen LogP contribution in [0.2, 0.25) is 0 Å². The molecule has 0 atom stereocenters. The van der Waals surface area contributed by atoms with Crippen LogP contribution in [0.15, 0.2) is 30.6 Å². The highest BCUT2D eigenvalue weighted by Gasteiger charge is 2.17. The van der Waals surface area contributed by atoms with E-state index in [1.807, 2.05) is 19.1 Å². The minimum Gasteiger partial charge on any atom is -0.320 e. The number of hydrogen-bond acceptors (Lipinski definition) is 4. The maximum Gasteiger partial charge on any atom is 0.268 e. The zero-order valence-corrected chi connectivity index (χ0v) is 12.2. The van der Waals surface area contributed by atoms with E-state index in [0.29, 0.717) is 11.4 Å². The molecule has 4 nitrogen and oxygen atoms in total. The molecule has 1 amide bonds. The number of thiophene rings is 1. The topological polar surface area (TPSA) is 59.2 Å². The molecule has 0 aliphatic carbocycles. The van der Waals surface area contributed by atoms with Gasteiger partial charge in [-0.25, -0.2) is 0 Å². The van der Waals surface area contributed by atoms with Crippen molar-refractivity contribution in [2.45, 2.75) is 6.92 Å². The normalized spacial score (nSPS) is 9.75. The lowest BCUT2D eigenvalue weighted by molar-refractivity contribution is 0.0996. The molecular weight excluding hydrogens is 270 g/mol. The van der Waals surface area contributed by atoms with Gasteiger partial charge < -0.3 is 10.6 Å². The molecule has 20 heavy (non-hydrogen) atoms. The molecule has 0 aliphatic heterocycles. The maximum atomic E-state index is 12.4. The van der Waals surface area contributed by atoms with Crippen LogP contribution in [-0.4, -0.2) is 24.5 Å². The Labute approximate surface area is 122 Å². The average molecular weight is 285 g/mol. The van der Waals surface area contributed by atoms with E-state index < -0.39 is 0 Å². The van der Waals surface area contributed by atoms with Gasteiger partial charge in [0.2, 0.25) is 0 Å². The van der Waals surface area contributed by atoms with Gasteiger partial charge in [-0.3, -0.25) is 9.78 Å². The van der Waals surface area contributed by atoms with Gasteiger partial charge in [-0.05, 0) is 30.7 Å². The highest BCUT2D eigenvalue weighted by atomic mass is 32.1. The van der Waals surface area contributed by atoms with Crippen LogP contribution >= 0.6 is 11.3 Å². The summed E-state index contributed by atoms with van der Waals surface area (Å²) < 4.78 is 0. The summed E-state index contributed by atoms with van der Waals surface area (Å²) in [7, 11) is 1.74. The van der Waals surface area contributed by atoms with E-state index in [-0.39, 0.29) is 5.91 Å². The van der Waals surface area contributed by atoms with E-state index in [1.165, 1.54) is 11.3 Å². The zero-order valence-electron chi connectivity index (χ0n) is 11.4. The van der Waals surface area contributed by atoms with Gasteiger partial charge in [0.25, 0.3) is 5.91 Å². The molecule has 102 valence electrons. The SMILES string of the molecule is Cc1cc(C(=O)N(C)c2cccnc2)sc1C#CCN. The van der Waals surface area contributed by atoms with Crippen molar-refractivity contribution in [1.82, 2.24) is 4.98 Å². The summed E-state index contributed by atoms with van der Waals surface area (Å²) in [4.78, 5) is 19.6. The third-order valence-corrected chi connectivity index (χ3v) is 3.91. The Balaban J connectivity index is 2.26. The second-order valence-electron chi connectivity index (χ2n) is 4.20. The average Bonchev–Trinajstić information content (AvgIpc) is 2.85. The lowest BCUT2D eigenvalue weighted by Gasteiger charge is -2.15. The number of hydrogen-bond donors (Lipinski definition) is 1. The summed E-state index contributed by atoms with van der Waals surface area (Å²) >= 11 is 1.39. The molecule has 0 unspecified atom stereocenters. The van der Waals surface area contributed by atoms with Crippen molar-refractivity contribution in [2.75, 3.05) is 18.5 Å². The number of rotatable bonds is 2. The molecule has 2 N–H and O–H groups in total. The van der Waals surface area contributed by atoms with Gasteiger partial charge in [-0.15, -0.1) is 11.3 Å². The monoisotopic (exact) mass is 285 g/mol. The zero-order chi connectivity index (χ0) is 14.5. The van der Waals surface area contributed by atoms with Crippen molar-refractivity contribution in [2.24, 2.45) is 5.73 Å². The number of nitrogens with zero attached hydrogens (tertiary/aromatic N) is 2. The molecule has 0 radical (unpaired) electrons. The fourth-order valence-electron chi connectivity index (χ4n) is 1.68. The summed E-state index contributed by atoms with van der Waals surface area (Å²) in [6, 6.07) is 5.51. The van der Waals surface area contributed by atoms with E-state index in [9.17, 15) is 4.79 Å². The Morgan fingerprint density at radius 2 is 2.35 bits per heavy atom. The van der Waals surface area contributed by atoms with Crippen molar-refractivity contribution in [1.29, 1.82) is 0 Å². The van der Waals surface area contributed by atoms with E-state index in [1.54, 1.807) is 30.4 Å². The first-order valence-electron chi connectivity index (χ1n) is 6.11. The molecule has 0 bridgehead atoms. The predicted octanol–water partition coefficient (Wildman–Crippen LogP) is 2.04. The van der Waals surface area contributed by atoms with Gasteiger partial charge in [0.15, 0.2) is 0 Å². The van der Waals surface area contributed by atoms with Crippen molar-refractivity contribution in [3.63, 3.8) is 0 Å². The predicted molar refractivity (Wildman–Crippen MR) is 82.0 cm³/mol. The molecule has 0 fully saturated rings. The summed E-state index contributed by atoms with van der Waals surface area (Å²) in [6.45, 7) is 2.26. The van der Waals surface area contributed by atoms with Gasteiger partial charge in [-0.1, -0.05) is 11.8 Å². The summed E-state index contributed by atoms with van der Waals surface area (Å²) in [5.74, 6) is 5.74. The highest BCUT2D eigenvalue weighted by Crippen LogP contribution is 2.23. The van der Waals surface area contributed by atoms with Crippen LogP contribution in [0.3, 0.4) is 0 Å². The molecule has 0 aliphatic rings. The number of carbonyl (C=O) groups excluding carboxylic acids is 1. The third-order valence-electron chi connectivity index (χ3n) is 2.77. The molecule has 5 heteroatoms. The third kappa shape index (κ3) is 3.05. The van der Waals surface area contributed by atoms with Crippen LogP contribution < -0.4 is 10.6 Å². The van der Waals surface area contributed by atoms with Crippen LogP contribution in [0, 0.1) is 18.8 Å². The van der Waals surface area contributed by atoms with Gasteiger partial charge in [0.05, 0.1) is 28.2 Å². The quantitative estimate of drug-likeness (QED) is 0.859. The smallest absolute Gasteiger partial charge is 0.268 e. The first-order valence-corrected chi connectivity index (χ1v) is 6.92. The summed E-state index contributed by atoms with van der Waals surface area (Å²) in [5.41, 5.74) is 7.13. The Morgan fingerprint density at radius 1 is 1.55 bits per heavy atom. The van der Waals surface area contributed by atoms with Gasteiger partial charge in [0.1, 0.15) is 0 Å². The number of carbonyl (C=O) groups is 1. The fraction of sp³-hybridized carbons (Fsp3) is 0.200. The Kier molecular flexibility index (Phi) is 4.51. The van der Waals surface area contributed by atoms with E-state index in [4.69, 9.17) is 5.73 Å². The van der Waals surface area contributed by atoms with Gasteiger partial charge >= 0.3 is 0 Å². The number of nitrogens with two attached hydrogens (primary N) is 1. The fourth-order valence-corrected chi connectivity index (χ4v) is 2.70. The van der Waals surface area contributed by atoms with Crippen molar-refractivity contribution in [3.8, 4) is 11.8 Å². The molecule has 2 rings (SSSR count). The van der Waals surface area contributed by atoms with Crippen molar-refractivity contribution >= 4 is 22.9 Å². The second kappa shape index (κ2) is 6.33. The minimum atomic E-state index is -0.0631. The number of aromatic nitrogens is 1. The Morgan fingerprint density at radius 3 is 3.00 bits per heavy atom. The number of anilines is 1. The molecule has 0 spiro atoms. The van der Waals surface area contributed by atoms with E-state index >= 15 is 0 Å². The molecule has 0 saturated heterocycles. The van der Waals surface area contributed by atoms with E-state index in [2.05, 4.69) is 16.8 Å². The largest absolute Gasteiger partial charge is 0.320 e. The van der Waals surface area contributed by atoms with Crippen molar-refractivity contribution < 1.29 is 4.79 Å². The maximum absolute atomic E-state index is 12.4. The molecule has 2 aromatic heterocycles. The lowest BCUT2D eigenvalue weighted by atomic mass is 10.2. The molecular formula is C15H15N3OS. The van der Waals surface area contributed by atoms with Crippen LogP contribution in [0.1, 0.15) is 20.1 Å². The molecule has 0 aromatic carbocycles. The molecule has 2 aromatic rings. The van der Waals surface area contributed by atoms with Crippen LogP contribution in [0.25, 0.3) is 0 Å². The van der Waals surface area contributed by atoms with Crippen LogP contribution in [-0.2, 0) is 0 Å². The Bertz CT molecular complexity index is 667.